The van der Waals surface area contributed by atoms with Crippen molar-refractivity contribution < 1.29 is 4.92 Å². The fourth-order valence-electron chi connectivity index (χ4n) is 1.42. The molecular weight excluding hydrogens is 216 g/mol. The minimum atomic E-state index is -0.410. The third kappa shape index (κ3) is 2.75. The Hall–Kier alpha value is -2.49. The second kappa shape index (κ2) is 5.03. The molecule has 2 rings (SSSR count). The lowest BCUT2D eigenvalue weighted by Crippen LogP contribution is -1.93. The lowest BCUT2D eigenvalue weighted by molar-refractivity contribution is -0.385. The van der Waals surface area contributed by atoms with E-state index < -0.39 is 4.92 Å². The highest BCUT2D eigenvalue weighted by molar-refractivity contribution is 5.86. The number of rotatable bonds is 3. The second-order valence-corrected chi connectivity index (χ2v) is 3.41. The molecule has 0 spiro atoms. The van der Waals surface area contributed by atoms with Gasteiger partial charge >= 0.3 is 0 Å². The number of para-hydroxylation sites is 2. The molecule has 0 aliphatic rings. The van der Waals surface area contributed by atoms with Gasteiger partial charge in [0.2, 0.25) is 0 Å². The summed E-state index contributed by atoms with van der Waals surface area (Å²) in [5.41, 5.74) is 1.33. The van der Waals surface area contributed by atoms with Crippen molar-refractivity contribution in [1.82, 2.24) is 0 Å². The first-order valence-corrected chi connectivity index (χ1v) is 5.10. The summed E-state index contributed by atoms with van der Waals surface area (Å²) < 4.78 is 0. The summed E-state index contributed by atoms with van der Waals surface area (Å²) in [5.74, 6) is 0. The first kappa shape index (κ1) is 11.0. The van der Waals surface area contributed by atoms with Gasteiger partial charge < -0.3 is 0 Å². The van der Waals surface area contributed by atoms with Gasteiger partial charge in [0.05, 0.1) is 16.2 Å². The molecule has 0 aliphatic carbocycles. The lowest BCUT2D eigenvalue weighted by atomic mass is 10.2. The molecule has 0 amide bonds. The Morgan fingerprint density at radius 1 is 1.00 bits per heavy atom. The van der Waals surface area contributed by atoms with Crippen LogP contribution in [0, 0.1) is 10.1 Å². The van der Waals surface area contributed by atoms with Gasteiger partial charge in [-0.25, -0.2) is 0 Å². The third-order valence-corrected chi connectivity index (χ3v) is 2.24. The van der Waals surface area contributed by atoms with Crippen LogP contribution in [0.15, 0.2) is 59.6 Å². The Kier molecular flexibility index (Phi) is 3.25. The molecule has 2 aromatic rings. The van der Waals surface area contributed by atoms with E-state index in [1.54, 1.807) is 18.2 Å². The average Bonchev–Trinajstić information content (AvgIpc) is 2.38. The molecule has 0 atom stereocenters. The Morgan fingerprint density at radius 2 is 1.65 bits per heavy atom. The predicted octanol–water partition coefficient (Wildman–Crippen LogP) is 3.35. The van der Waals surface area contributed by atoms with Crippen molar-refractivity contribution >= 4 is 17.6 Å². The number of aliphatic imine (C=N–C) groups is 1. The molecule has 0 N–H and O–H groups in total. The molecule has 0 saturated carbocycles. The quantitative estimate of drug-likeness (QED) is 0.458. The molecule has 0 heterocycles. The second-order valence-electron chi connectivity index (χ2n) is 3.41. The van der Waals surface area contributed by atoms with Crippen molar-refractivity contribution in [1.29, 1.82) is 0 Å². The smallest absolute Gasteiger partial charge is 0.258 e. The van der Waals surface area contributed by atoms with Crippen LogP contribution in [0.5, 0.6) is 0 Å². The number of nitro benzene ring substituents is 1. The van der Waals surface area contributed by atoms with Crippen LogP contribution in [-0.2, 0) is 0 Å². The van der Waals surface area contributed by atoms with Crippen LogP contribution in [0.4, 0.5) is 11.4 Å². The molecule has 0 aromatic heterocycles. The van der Waals surface area contributed by atoms with Gasteiger partial charge in [-0.2, -0.15) is 0 Å². The van der Waals surface area contributed by atoms with Gasteiger partial charge in [-0.3, -0.25) is 15.1 Å². The van der Waals surface area contributed by atoms with Crippen LogP contribution in [-0.4, -0.2) is 11.1 Å². The van der Waals surface area contributed by atoms with Crippen molar-refractivity contribution in [2.24, 2.45) is 4.99 Å². The number of hydrogen-bond acceptors (Lipinski definition) is 3. The lowest BCUT2D eigenvalue weighted by Gasteiger charge is -1.96. The van der Waals surface area contributed by atoms with E-state index in [0.29, 0.717) is 5.56 Å². The van der Waals surface area contributed by atoms with Gasteiger partial charge in [0.15, 0.2) is 0 Å². The summed E-state index contributed by atoms with van der Waals surface area (Å²) in [6.45, 7) is 0. The van der Waals surface area contributed by atoms with E-state index in [0.717, 1.165) is 5.69 Å². The van der Waals surface area contributed by atoms with Gasteiger partial charge in [0.1, 0.15) is 0 Å². The molecule has 0 radical (unpaired) electrons. The van der Waals surface area contributed by atoms with Crippen LogP contribution in [0.25, 0.3) is 0 Å². The average molecular weight is 226 g/mol. The highest BCUT2D eigenvalue weighted by Gasteiger charge is 2.09. The molecule has 0 unspecified atom stereocenters. The van der Waals surface area contributed by atoms with E-state index in [9.17, 15) is 10.1 Å². The zero-order chi connectivity index (χ0) is 12.1. The molecule has 0 aliphatic heterocycles. The molecule has 0 bridgehead atoms. The number of hydrogen-bond donors (Lipinski definition) is 0. The SMILES string of the molecule is O=[N+]([O-])c1ccccc1/C=N/c1ccccc1. The molecule has 2 aromatic carbocycles. The zero-order valence-electron chi connectivity index (χ0n) is 8.98. The monoisotopic (exact) mass is 226 g/mol. The maximum Gasteiger partial charge on any atom is 0.278 e. The standard InChI is InChI=1S/C13H10N2O2/c16-15(17)13-9-5-4-6-11(13)10-14-12-7-2-1-3-8-12/h1-10H/b14-10+. The summed E-state index contributed by atoms with van der Waals surface area (Å²) >= 11 is 0. The van der Waals surface area contributed by atoms with E-state index in [1.807, 2.05) is 30.3 Å². The number of benzene rings is 2. The molecule has 17 heavy (non-hydrogen) atoms. The normalized spacial score (nSPS) is 10.6. The van der Waals surface area contributed by atoms with Crippen LogP contribution in [0.1, 0.15) is 5.56 Å². The van der Waals surface area contributed by atoms with Crippen molar-refractivity contribution in [2.75, 3.05) is 0 Å². The summed E-state index contributed by atoms with van der Waals surface area (Å²) in [5, 5.41) is 10.8. The van der Waals surface area contributed by atoms with Crippen molar-refractivity contribution in [2.45, 2.75) is 0 Å². The summed E-state index contributed by atoms with van der Waals surface area (Å²) in [7, 11) is 0. The highest BCUT2D eigenvalue weighted by atomic mass is 16.6. The van der Waals surface area contributed by atoms with Crippen LogP contribution >= 0.6 is 0 Å². The summed E-state index contributed by atoms with van der Waals surface area (Å²) in [6, 6.07) is 15.8. The maximum absolute atomic E-state index is 10.8. The number of nitro groups is 1. The van der Waals surface area contributed by atoms with E-state index >= 15 is 0 Å². The third-order valence-electron chi connectivity index (χ3n) is 2.24. The van der Waals surface area contributed by atoms with Gasteiger partial charge in [-0.15, -0.1) is 0 Å². The van der Waals surface area contributed by atoms with E-state index in [4.69, 9.17) is 0 Å². The van der Waals surface area contributed by atoms with Crippen LogP contribution in [0.3, 0.4) is 0 Å². The van der Waals surface area contributed by atoms with Gasteiger partial charge in [0, 0.05) is 12.3 Å². The molecule has 4 heteroatoms. The van der Waals surface area contributed by atoms with E-state index in [-0.39, 0.29) is 5.69 Å². The van der Waals surface area contributed by atoms with Crippen molar-refractivity contribution in [3.63, 3.8) is 0 Å². The van der Waals surface area contributed by atoms with Crippen molar-refractivity contribution in [3.8, 4) is 0 Å². The zero-order valence-corrected chi connectivity index (χ0v) is 8.98. The van der Waals surface area contributed by atoms with E-state index in [2.05, 4.69) is 4.99 Å². The Bertz CT molecular complexity index is 550. The van der Waals surface area contributed by atoms with Crippen molar-refractivity contribution in [3.05, 3.63) is 70.3 Å². The van der Waals surface area contributed by atoms with Crippen LogP contribution in [0.2, 0.25) is 0 Å². The van der Waals surface area contributed by atoms with Gasteiger partial charge in [0.25, 0.3) is 5.69 Å². The summed E-state index contributed by atoms with van der Waals surface area (Å²) in [6.07, 6.45) is 1.51. The predicted molar refractivity (Wildman–Crippen MR) is 66.8 cm³/mol. The first-order chi connectivity index (χ1) is 8.27. The first-order valence-electron chi connectivity index (χ1n) is 5.10. The Morgan fingerprint density at radius 3 is 2.35 bits per heavy atom. The minimum absolute atomic E-state index is 0.0622. The fraction of sp³-hybridized carbons (Fsp3) is 0. The number of nitrogens with zero attached hydrogens (tertiary/aromatic N) is 2. The minimum Gasteiger partial charge on any atom is -0.258 e. The Balaban J connectivity index is 2.30. The Labute approximate surface area is 98.4 Å². The van der Waals surface area contributed by atoms with E-state index in [1.165, 1.54) is 12.3 Å². The molecular formula is C13H10N2O2. The maximum atomic E-state index is 10.8. The van der Waals surface area contributed by atoms with Gasteiger partial charge in [-0.1, -0.05) is 30.3 Å². The van der Waals surface area contributed by atoms with Crippen LogP contribution < -0.4 is 0 Å². The molecule has 0 fully saturated rings. The molecule has 84 valence electrons. The topological polar surface area (TPSA) is 55.5 Å². The molecule has 0 saturated heterocycles. The van der Waals surface area contributed by atoms with Gasteiger partial charge in [-0.05, 0) is 18.2 Å². The summed E-state index contributed by atoms with van der Waals surface area (Å²) in [4.78, 5) is 14.6. The largest absolute Gasteiger partial charge is 0.278 e. The molecule has 4 nitrogen and oxygen atoms in total. The highest BCUT2D eigenvalue weighted by Crippen LogP contribution is 2.17. The fourth-order valence-corrected chi connectivity index (χ4v) is 1.42.